The summed E-state index contributed by atoms with van der Waals surface area (Å²) < 4.78 is 0.867. The number of aromatic nitrogens is 2. The molecular weight excluding hydrogens is 312 g/mol. The second-order valence-corrected chi connectivity index (χ2v) is 5.02. The van der Waals surface area contributed by atoms with E-state index in [0.717, 1.165) is 15.2 Å². The smallest absolute Gasteiger partial charge is 0.228 e. The fourth-order valence-corrected chi connectivity index (χ4v) is 2.45. The molecule has 90 valence electrons. The molecule has 0 aliphatic carbocycles. The van der Waals surface area contributed by atoms with Crippen molar-refractivity contribution in [1.29, 1.82) is 5.26 Å². The number of hydrogen-bond donors (Lipinski definition) is 1. The fraction of sp³-hybridized carbons (Fsp3) is 0.0833. The third-order valence-electron chi connectivity index (χ3n) is 2.15. The number of nitrogens with one attached hydrogen (secondary N) is 1. The highest BCUT2D eigenvalue weighted by molar-refractivity contribution is 9.10. The normalized spacial score (nSPS) is 9.83. The molecule has 6 heteroatoms. The maximum atomic E-state index is 8.83. The van der Waals surface area contributed by atoms with Gasteiger partial charge in [-0.2, -0.15) is 5.26 Å². The zero-order chi connectivity index (χ0) is 13.0. The van der Waals surface area contributed by atoms with Gasteiger partial charge < -0.3 is 5.32 Å². The number of thioether (sulfide) groups is 1. The Labute approximate surface area is 118 Å². The molecule has 0 saturated carbocycles. The molecular formula is C12H9BrN4S. The van der Waals surface area contributed by atoms with E-state index in [2.05, 4.69) is 37.3 Å². The van der Waals surface area contributed by atoms with E-state index in [1.807, 2.05) is 18.4 Å². The summed E-state index contributed by atoms with van der Waals surface area (Å²) in [5, 5.41) is 12.8. The van der Waals surface area contributed by atoms with Crippen LogP contribution in [0.3, 0.4) is 0 Å². The zero-order valence-corrected chi connectivity index (χ0v) is 11.9. The number of hydrogen-bond acceptors (Lipinski definition) is 5. The highest BCUT2D eigenvalue weighted by Crippen LogP contribution is 2.24. The first-order valence-corrected chi connectivity index (χ1v) is 7.08. The first-order valence-electron chi connectivity index (χ1n) is 5.06. The molecule has 0 fully saturated rings. The number of rotatable bonds is 3. The van der Waals surface area contributed by atoms with E-state index < -0.39 is 0 Å². The Balaban J connectivity index is 2.26. The van der Waals surface area contributed by atoms with Gasteiger partial charge in [-0.15, -0.1) is 11.8 Å². The second kappa shape index (κ2) is 5.85. The molecule has 2 aromatic rings. The first-order chi connectivity index (χ1) is 8.72. The molecule has 0 aliphatic rings. The number of halogens is 1. The average Bonchev–Trinajstić information content (AvgIpc) is 2.41. The molecule has 0 spiro atoms. The summed E-state index contributed by atoms with van der Waals surface area (Å²) in [7, 11) is 0. The van der Waals surface area contributed by atoms with Crippen LogP contribution in [0.1, 0.15) is 5.56 Å². The average molecular weight is 321 g/mol. The lowest BCUT2D eigenvalue weighted by Crippen LogP contribution is -1.98. The summed E-state index contributed by atoms with van der Waals surface area (Å²) >= 11 is 4.92. The molecule has 0 atom stereocenters. The van der Waals surface area contributed by atoms with Crippen LogP contribution in [-0.2, 0) is 0 Å². The molecule has 1 aromatic heterocycles. The molecule has 0 bridgehead atoms. The lowest BCUT2D eigenvalue weighted by molar-refractivity contribution is 1.04. The molecule has 0 unspecified atom stereocenters. The van der Waals surface area contributed by atoms with E-state index in [-0.39, 0.29) is 0 Å². The van der Waals surface area contributed by atoms with Crippen molar-refractivity contribution in [1.82, 2.24) is 9.97 Å². The summed E-state index contributed by atoms with van der Waals surface area (Å²) in [6.07, 6.45) is 3.66. The molecule has 0 saturated heterocycles. The predicted octanol–water partition coefficient (Wildman–Crippen LogP) is 3.58. The van der Waals surface area contributed by atoms with Crippen molar-refractivity contribution in [2.45, 2.75) is 5.03 Å². The Morgan fingerprint density at radius 1 is 1.44 bits per heavy atom. The van der Waals surface area contributed by atoms with Gasteiger partial charge in [0.25, 0.3) is 0 Å². The maximum Gasteiger partial charge on any atom is 0.228 e. The lowest BCUT2D eigenvalue weighted by atomic mass is 10.2. The maximum absolute atomic E-state index is 8.83. The Kier molecular flexibility index (Phi) is 4.18. The largest absolute Gasteiger partial charge is 0.324 e. The first kappa shape index (κ1) is 12.9. The minimum absolute atomic E-state index is 0.512. The minimum Gasteiger partial charge on any atom is -0.324 e. The van der Waals surface area contributed by atoms with Gasteiger partial charge in [0.2, 0.25) is 5.95 Å². The summed E-state index contributed by atoms with van der Waals surface area (Å²) in [5.74, 6) is 0.512. The molecule has 1 aromatic carbocycles. The van der Waals surface area contributed by atoms with Gasteiger partial charge in [0.15, 0.2) is 0 Å². The van der Waals surface area contributed by atoms with Crippen LogP contribution in [-0.4, -0.2) is 16.2 Å². The van der Waals surface area contributed by atoms with E-state index in [1.165, 1.54) is 11.8 Å². The van der Waals surface area contributed by atoms with Crippen molar-refractivity contribution in [2.75, 3.05) is 11.6 Å². The second-order valence-electron chi connectivity index (χ2n) is 3.37. The molecule has 2 rings (SSSR count). The van der Waals surface area contributed by atoms with Crippen molar-refractivity contribution in [2.24, 2.45) is 0 Å². The van der Waals surface area contributed by atoms with Crippen molar-refractivity contribution >= 4 is 39.3 Å². The van der Waals surface area contributed by atoms with Crippen LogP contribution in [0.4, 0.5) is 11.6 Å². The van der Waals surface area contributed by atoms with E-state index in [9.17, 15) is 0 Å². The molecule has 1 N–H and O–H groups in total. The third kappa shape index (κ3) is 3.00. The third-order valence-corrected chi connectivity index (χ3v) is 3.69. The van der Waals surface area contributed by atoms with Gasteiger partial charge in [0.05, 0.1) is 16.1 Å². The standard InChI is InChI=1S/C12H9BrN4S/c1-18-11-10(13)7-15-12(17-11)16-9-4-2-3-8(5-9)6-14/h2-5,7H,1H3,(H,15,16,17). The van der Waals surface area contributed by atoms with Crippen molar-refractivity contribution in [3.63, 3.8) is 0 Å². The van der Waals surface area contributed by atoms with Crippen LogP contribution in [0.15, 0.2) is 40.0 Å². The van der Waals surface area contributed by atoms with E-state index in [4.69, 9.17) is 5.26 Å². The Morgan fingerprint density at radius 3 is 3.00 bits per heavy atom. The highest BCUT2D eigenvalue weighted by atomic mass is 79.9. The minimum atomic E-state index is 0.512. The highest BCUT2D eigenvalue weighted by Gasteiger charge is 2.04. The Morgan fingerprint density at radius 2 is 2.28 bits per heavy atom. The molecule has 0 radical (unpaired) electrons. The molecule has 4 nitrogen and oxygen atoms in total. The summed E-state index contributed by atoms with van der Waals surface area (Å²) in [5.41, 5.74) is 1.39. The topological polar surface area (TPSA) is 61.6 Å². The monoisotopic (exact) mass is 320 g/mol. The van der Waals surface area contributed by atoms with Crippen LogP contribution in [0.5, 0.6) is 0 Å². The lowest BCUT2D eigenvalue weighted by Gasteiger charge is -2.06. The number of nitriles is 1. The number of nitrogens with zero attached hydrogens (tertiary/aromatic N) is 3. The summed E-state index contributed by atoms with van der Waals surface area (Å²) in [6, 6.07) is 9.28. The van der Waals surface area contributed by atoms with Crippen molar-refractivity contribution in [3.05, 3.63) is 40.5 Å². The summed E-state index contributed by atoms with van der Waals surface area (Å²) in [4.78, 5) is 8.52. The Hall–Kier alpha value is -1.58. The van der Waals surface area contributed by atoms with Crippen LogP contribution in [0.25, 0.3) is 0 Å². The van der Waals surface area contributed by atoms with Gasteiger partial charge in [-0.05, 0) is 40.4 Å². The van der Waals surface area contributed by atoms with Crippen LogP contribution in [0, 0.1) is 11.3 Å². The number of benzene rings is 1. The van der Waals surface area contributed by atoms with Gasteiger partial charge in [0, 0.05) is 11.9 Å². The van der Waals surface area contributed by atoms with Gasteiger partial charge in [-0.3, -0.25) is 0 Å². The zero-order valence-electron chi connectivity index (χ0n) is 9.51. The van der Waals surface area contributed by atoms with Crippen molar-refractivity contribution < 1.29 is 0 Å². The van der Waals surface area contributed by atoms with Gasteiger partial charge >= 0.3 is 0 Å². The molecule has 0 aliphatic heterocycles. The van der Waals surface area contributed by atoms with Crippen molar-refractivity contribution in [3.8, 4) is 6.07 Å². The van der Waals surface area contributed by atoms with Crippen LogP contribution < -0.4 is 5.32 Å². The van der Waals surface area contributed by atoms with Gasteiger partial charge in [-0.25, -0.2) is 9.97 Å². The molecule has 0 amide bonds. The number of anilines is 2. The van der Waals surface area contributed by atoms with Gasteiger partial charge in [-0.1, -0.05) is 6.07 Å². The summed E-state index contributed by atoms with van der Waals surface area (Å²) in [6.45, 7) is 0. The Bertz CT molecular complexity index is 609. The quantitative estimate of drug-likeness (QED) is 0.691. The SMILES string of the molecule is CSc1nc(Nc2cccc(C#N)c2)ncc1Br. The van der Waals surface area contributed by atoms with Crippen LogP contribution in [0.2, 0.25) is 0 Å². The van der Waals surface area contributed by atoms with Crippen LogP contribution >= 0.6 is 27.7 Å². The fourth-order valence-electron chi connectivity index (χ4n) is 1.35. The van der Waals surface area contributed by atoms with E-state index >= 15 is 0 Å². The molecule has 18 heavy (non-hydrogen) atoms. The van der Waals surface area contributed by atoms with E-state index in [1.54, 1.807) is 18.3 Å². The van der Waals surface area contributed by atoms with Gasteiger partial charge in [0.1, 0.15) is 5.03 Å². The van der Waals surface area contributed by atoms with E-state index in [0.29, 0.717) is 11.5 Å². The predicted molar refractivity (Wildman–Crippen MR) is 76.0 cm³/mol. The molecule has 1 heterocycles.